The summed E-state index contributed by atoms with van der Waals surface area (Å²) in [6, 6.07) is 7.76. The van der Waals surface area contributed by atoms with Crippen LogP contribution in [-0.4, -0.2) is 35.9 Å². The van der Waals surface area contributed by atoms with Crippen molar-refractivity contribution in [1.82, 2.24) is 0 Å². The molecule has 0 saturated carbocycles. The van der Waals surface area contributed by atoms with Crippen molar-refractivity contribution in [2.24, 2.45) is 0 Å². The SMILES string of the molecule is COc1cc(NC(=O)c2ccc(F)c([N+](=O)[O-])c2)c(OC)cc1NC(=O)c1ccc(F)c([N+](=O)[O-])c1. The number of nitro benzene ring substituents is 2. The number of nitrogens with zero attached hydrogens (tertiary/aromatic N) is 2. The Labute approximate surface area is 200 Å². The first kappa shape index (κ1) is 25.5. The van der Waals surface area contributed by atoms with Gasteiger partial charge in [0.1, 0.15) is 11.5 Å². The van der Waals surface area contributed by atoms with Crippen LogP contribution in [0.1, 0.15) is 20.7 Å². The molecular formula is C22H16F2N4O8. The summed E-state index contributed by atoms with van der Waals surface area (Å²) in [7, 11) is 2.52. The summed E-state index contributed by atoms with van der Waals surface area (Å²) >= 11 is 0. The molecule has 186 valence electrons. The number of nitro groups is 2. The average molecular weight is 502 g/mol. The van der Waals surface area contributed by atoms with Crippen molar-refractivity contribution in [3.8, 4) is 11.5 Å². The van der Waals surface area contributed by atoms with Gasteiger partial charge in [-0.15, -0.1) is 0 Å². The highest BCUT2D eigenvalue weighted by Crippen LogP contribution is 2.37. The van der Waals surface area contributed by atoms with Crippen molar-refractivity contribution in [3.63, 3.8) is 0 Å². The Balaban J connectivity index is 1.90. The van der Waals surface area contributed by atoms with Crippen LogP contribution < -0.4 is 20.1 Å². The Bertz CT molecular complexity index is 1290. The zero-order chi connectivity index (χ0) is 26.6. The maximum absolute atomic E-state index is 13.6. The molecular weight excluding hydrogens is 486 g/mol. The fourth-order valence-electron chi connectivity index (χ4n) is 3.07. The van der Waals surface area contributed by atoms with Gasteiger partial charge in [-0.2, -0.15) is 8.78 Å². The number of methoxy groups -OCH3 is 2. The van der Waals surface area contributed by atoms with Crippen LogP contribution in [0.5, 0.6) is 11.5 Å². The van der Waals surface area contributed by atoms with Gasteiger partial charge in [-0.1, -0.05) is 0 Å². The molecule has 14 heteroatoms. The standard InChI is InChI=1S/C22H16F2N4O8/c1-35-19-9-16(26-22(30)12-4-6-14(24)18(8-12)28(33)34)20(36-2)10-15(19)25-21(29)11-3-5-13(23)17(7-11)27(31)32/h3-10H,1-2H3,(H,25,29)(H,26,30). The number of ether oxygens (including phenoxy) is 2. The van der Waals surface area contributed by atoms with Crippen LogP contribution in [0.3, 0.4) is 0 Å². The largest absolute Gasteiger partial charge is 0.494 e. The smallest absolute Gasteiger partial charge is 0.305 e. The van der Waals surface area contributed by atoms with Crippen molar-refractivity contribution in [2.75, 3.05) is 24.9 Å². The monoisotopic (exact) mass is 502 g/mol. The number of hydrogen-bond acceptors (Lipinski definition) is 8. The van der Waals surface area contributed by atoms with E-state index in [1.54, 1.807) is 0 Å². The average Bonchev–Trinajstić information content (AvgIpc) is 2.84. The number of carbonyl (C=O) groups is 2. The first-order valence-corrected chi connectivity index (χ1v) is 9.82. The van der Waals surface area contributed by atoms with E-state index in [1.807, 2.05) is 0 Å². The highest BCUT2D eigenvalue weighted by molar-refractivity contribution is 6.07. The molecule has 3 rings (SSSR count). The van der Waals surface area contributed by atoms with Crippen LogP contribution in [-0.2, 0) is 0 Å². The van der Waals surface area contributed by atoms with E-state index in [1.165, 1.54) is 26.4 Å². The lowest BCUT2D eigenvalue weighted by Gasteiger charge is -2.16. The van der Waals surface area contributed by atoms with E-state index >= 15 is 0 Å². The molecule has 3 aromatic rings. The highest BCUT2D eigenvalue weighted by atomic mass is 19.1. The van der Waals surface area contributed by atoms with Crippen LogP contribution in [0, 0.1) is 31.9 Å². The second-order valence-corrected chi connectivity index (χ2v) is 7.01. The maximum atomic E-state index is 13.6. The number of carbonyl (C=O) groups excluding carboxylic acids is 2. The molecule has 0 aliphatic carbocycles. The molecule has 0 bridgehead atoms. The predicted octanol–water partition coefficient (Wildman–Crippen LogP) is 4.30. The van der Waals surface area contributed by atoms with Gasteiger partial charge in [0.25, 0.3) is 11.8 Å². The predicted molar refractivity (Wildman–Crippen MR) is 122 cm³/mol. The van der Waals surface area contributed by atoms with Gasteiger partial charge in [-0.25, -0.2) is 0 Å². The Hall–Kier alpha value is -5.14. The molecule has 0 aromatic heterocycles. The third-order valence-corrected chi connectivity index (χ3v) is 4.83. The first-order chi connectivity index (χ1) is 17.0. The molecule has 0 atom stereocenters. The quantitative estimate of drug-likeness (QED) is 0.340. The summed E-state index contributed by atoms with van der Waals surface area (Å²) in [5.41, 5.74) is -2.10. The van der Waals surface area contributed by atoms with Crippen LogP contribution in [0.2, 0.25) is 0 Å². The number of nitrogens with one attached hydrogen (secondary N) is 2. The number of hydrogen-bond donors (Lipinski definition) is 2. The van der Waals surface area contributed by atoms with Gasteiger partial charge in [-0.3, -0.25) is 29.8 Å². The van der Waals surface area contributed by atoms with E-state index in [0.29, 0.717) is 0 Å². The van der Waals surface area contributed by atoms with Crippen LogP contribution >= 0.6 is 0 Å². The Morgan fingerprint density at radius 1 is 0.722 bits per heavy atom. The molecule has 0 saturated heterocycles. The fraction of sp³-hybridized carbons (Fsp3) is 0.0909. The summed E-state index contributed by atoms with van der Waals surface area (Å²) in [6.45, 7) is 0. The van der Waals surface area contributed by atoms with Gasteiger partial charge in [0.15, 0.2) is 0 Å². The van der Waals surface area contributed by atoms with Gasteiger partial charge in [0.05, 0.1) is 35.4 Å². The summed E-state index contributed by atoms with van der Waals surface area (Å²) in [6.07, 6.45) is 0. The summed E-state index contributed by atoms with van der Waals surface area (Å²) < 4.78 is 37.6. The highest BCUT2D eigenvalue weighted by Gasteiger charge is 2.22. The number of rotatable bonds is 8. The minimum atomic E-state index is -1.11. The third-order valence-electron chi connectivity index (χ3n) is 4.83. The van der Waals surface area contributed by atoms with E-state index in [-0.39, 0.29) is 34.0 Å². The van der Waals surface area contributed by atoms with Gasteiger partial charge in [0, 0.05) is 35.4 Å². The topological polar surface area (TPSA) is 163 Å². The van der Waals surface area contributed by atoms with Crippen LogP contribution in [0.4, 0.5) is 31.5 Å². The van der Waals surface area contributed by atoms with E-state index in [0.717, 1.165) is 36.4 Å². The maximum Gasteiger partial charge on any atom is 0.305 e. The molecule has 3 aromatic carbocycles. The van der Waals surface area contributed by atoms with Gasteiger partial charge in [0.2, 0.25) is 11.6 Å². The number of benzene rings is 3. The molecule has 0 radical (unpaired) electrons. The third kappa shape index (κ3) is 5.32. The zero-order valence-corrected chi connectivity index (χ0v) is 18.5. The molecule has 36 heavy (non-hydrogen) atoms. The second kappa shape index (κ2) is 10.4. The van der Waals surface area contributed by atoms with E-state index < -0.39 is 44.7 Å². The zero-order valence-electron chi connectivity index (χ0n) is 18.5. The molecule has 2 N–H and O–H groups in total. The molecule has 0 fully saturated rings. The molecule has 2 amide bonds. The summed E-state index contributed by atoms with van der Waals surface area (Å²) in [5.74, 6) is -3.81. The van der Waals surface area contributed by atoms with E-state index in [9.17, 15) is 38.6 Å². The summed E-state index contributed by atoms with van der Waals surface area (Å²) in [4.78, 5) is 45.2. The van der Waals surface area contributed by atoms with Crippen molar-refractivity contribution in [1.29, 1.82) is 0 Å². The van der Waals surface area contributed by atoms with Gasteiger partial charge >= 0.3 is 11.4 Å². The minimum Gasteiger partial charge on any atom is -0.494 e. The lowest BCUT2D eigenvalue weighted by atomic mass is 10.1. The van der Waals surface area contributed by atoms with Crippen molar-refractivity contribution >= 4 is 34.6 Å². The Morgan fingerprint density at radius 2 is 1.08 bits per heavy atom. The van der Waals surface area contributed by atoms with Crippen molar-refractivity contribution in [2.45, 2.75) is 0 Å². The van der Waals surface area contributed by atoms with Crippen LogP contribution in [0.15, 0.2) is 48.5 Å². The summed E-state index contributed by atoms with van der Waals surface area (Å²) in [5, 5.41) is 26.8. The minimum absolute atomic E-state index is 0.0288. The Morgan fingerprint density at radius 3 is 1.39 bits per heavy atom. The molecule has 0 unspecified atom stereocenters. The lowest BCUT2D eigenvalue weighted by molar-refractivity contribution is -0.387. The fourth-order valence-corrected chi connectivity index (χ4v) is 3.07. The number of amides is 2. The second-order valence-electron chi connectivity index (χ2n) is 7.01. The van der Waals surface area contributed by atoms with E-state index in [2.05, 4.69) is 10.6 Å². The van der Waals surface area contributed by atoms with Gasteiger partial charge < -0.3 is 20.1 Å². The lowest BCUT2D eigenvalue weighted by Crippen LogP contribution is -2.15. The molecule has 0 heterocycles. The normalized spacial score (nSPS) is 10.3. The molecule has 12 nitrogen and oxygen atoms in total. The van der Waals surface area contributed by atoms with Crippen molar-refractivity contribution < 1.29 is 37.7 Å². The van der Waals surface area contributed by atoms with E-state index in [4.69, 9.17) is 9.47 Å². The molecule has 0 spiro atoms. The number of anilines is 2. The van der Waals surface area contributed by atoms with Gasteiger partial charge in [-0.05, 0) is 24.3 Å². The van der Waals surface area contributed by atoms with Crippen molar-refractivity contribution in [3.05, 3.63) is 91.5 Å². The first-order valence-electron chi connectivity index (χ1n) is 9.82. The Kier molecular flexibility index (Phi) is 7.37. The number of halogens is 2. The molecule has 0 aliphatic heterocycles. The van der Waals surface area contributed by atoms with Crippen LogP contribution in [0.25, 0.3) is 0 Å². The molecule has 0 aliphatic rings.